The first-order valence-electron chi connectivity index (χ1n) is 9.90. The lowest BCUT2D eigenvalue weighted by Crippen LogP contribution is -2.58. The smallest absolute Gasteiger partial charge is 0.272 e. The first kappa shape index (κ1) is 20.8. The van der Waals surface area contributed by atoms with E-state index in [-0.39, 0.29) is 24.5 Å². The molecule has 2 aromatic rings. The van der Waals surface area contributed by atoms with Gasteiger partial charge in [0.05, 0.1) is 0 Å². The first-order chi connectivity index (χ1) is 13.8. The lowest BCUT2D eigenvalue weighted by molar-refractivity contribution is 0.180. The summed E-state index contributed by atoms with van der Waals surface area (Å²) in [5, 5.41) is 11.7. The molecule has 0 amide bonds. The highest BCUT2D eigenvalue weighted by molar-refractivity contribution is 6.68. The van der Waals surface area contributed by atoms with Crippen LogP contribution < -0.4 is 5.73 Å². The summed E-state index contributed by atoms with van der Waals surface area (Å²) in [6.45, 7) is 4.24. The number of rotatable bonds is 2. The fourth-order valence-corrected chi connectivity index (χ4v) is 6.11. The average molecular weight is 444 g/mol. The number of halogens is 3. The average Bonchev–Trinajstić information content (AvgIpc) is 2.69. The van der Waals surface area contributed by atoms with Crippen molar-refractivity contribution >= 4 is 41.5 Å². The SMILES string of the molecule is C=C1CB(C#N)CC2C(c3ccc(Cl)cc3)C(c3ccc(Cl)cc3Cl)CCC12N. The Labute approximate surface area is 187 Å². The van der Waals surface area contributed by atoms with E-state index in [4.69, 9.17) is 40.5 Å². The molecular weight excluding hydrogens is 421 g/mol. The van der Waals surface area contributed by atoms with Gasteiger partial charge in [-0.15, -0.1) is 0 Å². The van der Waals surface area contributed by atoms with Crippen molar-refractivity contribution in [3.05, 3.63) is 80.8 Å². The highest BCUT2D eigenvalue weighted by Crippen LogP contribution is 2.57. The van der Waals surface area contributed by atoms with Gasteiger partial charge in [-0.3, -0.25) is 0 Å². The molecule has 29 heavy (non-hydrogen) atoms. The van der Waals surface area contributed by atoms with Crippen LogP contribution in [0, 0.1) is 17.1 Å². The molecule has 148 valence electrons. The second kappa shape index (κ2) is 8.01. The summed E-state index contributed by atoms with van der Waals surface area (Å²) in [4.78, 5) is 0. The largest absolute Gasteiger partial charge is 0.321 e. The van der Waals surface area contributed by atoms with Gasteiger partial charge in [-0.1, -0.05) is 71.5 Å². The normalized spacial score (nSPS) is 29.3. The fourth-order valence-electron chi connectivity index (χ4n) is 5.43. The predicted octanol–water partition coefficient (Wildman–Crippen LogP) is 6.75. The summed E-state index contributed by atoms with van der Waals surface area (Å²) in [5.74, 6) is 2.88. The Morgan fingerprint density at radius 1 is 1.10 bits per heavy atom. The van der Waals surface area contributed by atoms with E-state index in [1.54, 1.807) is 6.07 Å². The minimum atomic E-state index is -0.465. The molecule has 2 nitrogen and oxygen atoms in total. The number of benzene rings is 2. The van der Waals surface area contributed by atoms with Crippen molar-refractivity contribution < 1.29 is 0 Å². The van der Waals surface area contributed by atoms with E-state index in [2.05, 4.69) is 24.7 Å². The quantitative estimate of drug-likeness (QED) is 0.412. The van der Waals surface area contributed by atoms with Gasteiger partial charge in [-0.2, -0.15) is 0 Å². The first-order valence-corrected chi connectivity index (χ1v) is 11.0. The molecule has 0 bridgehead atoms. The minimum Gasteiger partial charge on any atom is -0.321 e. The maximum Gasteiger partial charge on any atom is 0.272 e. The second-order valence-electron chi connectivity index (χ2n) is 8.40. The van der Waals surface area contributed by atoms with Crippen molar-refractivity contribution in [2.24, 2.45) is 11.7 Å². The zero-order valence-corrected chi connectivity index (χ0v) is 18.3. The van der Waals surface area contributed by atoms with E-state index in [0.717, 1.165) is 30.3 Å². The summed E-state index contributed by atoms with van der Waals surface area (Å²) in [7, 11) is 0. The molecule has 0 radical (unpaired) electrons. The number of fused-ring (bicyclic) bond motifs is 1. The molecule has 1 aliphatic carbocycles. The van der Waals surface area contributed by atoms with Gasteiger partial charge in [0.15, 0.2) is 0 Å². The van der Waals surface area contributed by atoms with Crippen LogP contribution in [0.4, 0.5) is 0 Å². The summed E-state index contributed by atoms with van der Waals surface area (Å²) >= 11 is 18.9. The lowest BCUT2D eigenvalue weighted by atomic mass is 9.34. The van der Waals surface area contributed by atoms with Gasteiger partial charge in [0.1, 0.15) is 0 Å². The maximum absolute atomic E-state index is 9.65. The van der Waals surface area contributed by atoms with Gasteiger partial charge in [0.2, 0.25) is 0 Å². The Morgan fingerprint density at radius 3 is 2.45 bits per heavy atom. The highest BCUT2D eigenvalue weighted by Gasteiger charge is 2.53. The van der Waals surface area contributed by atoms with Crippen molar-refractivity contribution in [3.8, 4) is 5.97 Å². The van der Waals surface area contributed by atoms with E-state index >= 15 is 0 Å². The van der Waals surface area contributed by atoms with Gasteiger partial charge in [-0.25, -0.2) is 5.26 Å². The zero-order valence-electron chi connectivity index (χ0n) is 16.0. The van der Waals surface area contributed by atoms with Crippen LogP contribution in [0.3, 0.4) is 0 Å². The molecule has 6 heteroatoms. The summed E-state index contributed by atoms with van der Waals surface area (Å²) in [5.41, 5.74) is 9.79. The van der Waals surface area contributed by atoms with Crippen molar-refractivity contribution in [1.29, 1.82) is 5.26 Å². The third kappa shape index (κ3) is 3.73. The number of hydrogen-bond acceptors (Lipinski definition) is 2. The van der Waals surface area contributed by atoms with Crippen LogP contribution in [-0.2, 0) is 0 Å². The second-order valence-corrected chi connectivity index (χ2v) is 9.68. The number of nitrogens with two attached hydrogens (primary N) is 1. The predicted molar refractivity (Wildman–Crippen MR) is 123 cm³/mol. The van der Waals surface area contributed by atoms with E-state index in [9.17, 15) is 5.26 Å². The topological polar surface area (TPSA) is 49.8 Å². The molecule has 0 aromatic heterocycles. The Balaban J connectivity index is 1.85. The molecule has 2 fully saturated rings. The molecule has 2 N–H and O–H groups in total. The lowest BCUT2D eigenvalue weighted by Gasteiger charge is -2.54. The van der Waals surface area contributed by atoms with Crippen LogP contribution in [0.5, 0.6) is 0 Å². The zero-order chi connectivity index (χ0) is 20.8. The fraction of sp³-hybridized carbons (Fsp3) is 0.348. The molecular formula is C23H22BCl3N2. The molecule has 1 aliphatic heterocycles. The number of nitriles is 1. The van der Waals surface area contributed by atoms with Gasteiger partial charge in [0, 0.05) is 26.6 Å². The van der Waals surface area contributed by atoms with Crippen molar-refractivity contribution in [2.45, 2.75) is 42.9 Å². The van der Waals surface area contributed by atoms with Crippen LogP contribution in [-0.4, -0.2) is 12.3 Å². The molecule has 4 unspecified atom stereocenters. The van der Waals surface area contributed by atoms with Crippen LogP contribution in [0.15, 0.2) is 54.6 Å². The van der Waals surface area contributed by atoms with Crippen molar-refractivity contribution in [3.63, 3.8) is 0 Å². The van der Waals surface area contributed by atoms with Crippen LogP contribution >= 0.6 is 34.8 Å². The Hall–Kier alpha value is -1.44. The minimum absolute atomic E-state index is 0.0570. The van der Waals surface area contributed by atoms with E-state index in [1.807, 2.05) is 24.3 Å². The van der Waals surface area contributed by atoms with Crippen LogP contribution in [0.1, 0.15) is 35.8 Å². The molecule has 1 saturated carbocycles. The van der Waals surface area contributed by atoms with Gasteiger partial charge in [0.25, 0.3) is 6.71 Å². The van der Waals surface area contributed by atoms with Crippen LogP contribution in [0.25, 0.3) is 0 Å². The number of nitrogens with zero attached hydrogens (tertiary/aromatic N) is 1. The third-order valence-electron chi connectivity index (χ3n) is 6.89. The molecule has 2 aromatic carbocycles. The van der Waals surface area contributed by atoms with E-state index in [1.165, 1.54) is 5.56 Å². The summed E-state index contributed by atoms with van der Waals surface area (Å²) in [6.07, 6.45) is 3.18. The van der Waals surface area contributed by atoms with Gasteiger partial charge in [-0.05, 0) is 72.3 Å². The third-order valence-corrected chi connectivity index (χ3v) is 7.70. The highest BCUT2D eigenvalue weighted by atomic mass is 35.5. The molecule has 4 rings (SSSR count). The summed E-state index contributed by atoms with van der Waals surface area (Å²) in [6, 6.07) is 13.7. The Kier molecular flexibility index (Phi) is 5.75. The van der Waals surface area contributed by atoms with Gasteiger partial charge >= 0.3 is 0 Å². The molecule has 1 saturated heterocycles. The van der Waals surface area contributed by atoms with E-state index < -0.39 is 5.54 Å². The molecule has 1 heterocycles. The van der Waals surface area contributed by atoms with Crippen molar-refractivity contribution in [2.75, 3.05) is 0 Å². The maximum atomic E-state index is 9.65. The van der Waals surface area contributed by atoms with E-state index in [0.29, 0.717) is 21.4 Å². The molecule has 2 aliphatic rings. The molecule has 0 spiro atoms. The van der Waals surface area contributed by atoms with Crippen molar-refractivity contribution in [1.82, 2.24) is 0 Å². The van der Waals surface area contributed by atoms with Gasteiger partial charge < -0.3 is 5.73 Å². The standard InChI is InChI=1S/C23H22BCl3N2/c1-14-11-24(13-28)12-20-22(15-2-4-16(25)5-3-15)19(8-9-23(14,20)29)18-7-6-17(26)10-21(18)27/h2-7,10,19-20,22H,1,8-9,11-12,29H2. The Morgan fingerprint density at radius 2 is 1.79 bits per heavy atom. The number of hydrogen-bond donors (Lipinski definition) is 1. The van der Waals surface area contributed by atoms with Crippen LogP contribution in [0.2, 0.25) is 27.7 Å². The molecule has 4 atom stereocenters. The monoisotopic (exact) mass is 442 g/mol. The Bertz CT molecular complexity index is 985. The summed E-state index contributed by atoms with van der Waals surface area (Å²) < 4.78 is 0.